The molecule has 2 heteroatoms. The van der Waals surface area contributed by atoms with E-state index in [2.05, 4.69) is 16.8 Å². The average molecular weight is 255 g/mol. The zero-order chi connectivity index (χ0) is 7.40. The summed E-state index contributed by atoms with van der Waals surface area (Å²) in [6.45, 7) is 6.44. The Kier molecular flexibility index (Phi) is 3.99. The molecule has 1 nitrogen and oxygen atoms in total. The summed E-state index contributed by atoms with van der Waals surface area (Å²) < 4.78 is 3.15. The maximum atomic E-state index is 2.62. The molecule has 62 valence electrons. The molecule has 0 atom stereocenters. The molecule has 10 heavy (non-hydrogen) atoms. The van der Waals surface area contributed by atoms with Crippen LogP contribution in [0.1, 0.15) is 13.3 Å². The number of rotatable bonds is 2. The van der Waals surface area contributed by atoms with Crippen LogP contribution in [0.25, 0.3) is 0 Å². The van der Waals surface area contributed by atoms with Gasteiger partial charge in [0.1, 0.15) is 0 Å². The van der Waals surface area contributed by atoms with E-state index in [4.69, 9.17) is 0 Å². The van der Waals surface area contributed by atoms with Gasteiger partial charge in [-0.05, 0) is 0 Å². The van der Waals surface area contributed by atoms with Gasteiger partial charge in [0.05, 0.1) is 0 Å². The summed E-state index contributed by atoms with van der Waals surface area (Å²) in [4.78, 5) is 5.14. The van der Waals surface area contributed by atoms with Crippen LogP contribution < -0.4 is 0 Å². The van der Waals surface area contributed by atoms with Crippen LogP contribution >= 0.6 is 19.8 Å². The first-order chi connectivity index (χ1) is 4.83. The third-order valence-electron chi connectivity index (χ3n) is 1.99. The van der Waals surface area contributed by atoms with Crippen molar-refractivity contribution in [3.8, 4) is 0 Å². The average Bonchev–Trinajstić information content (AvgIpc) is 1.95. The first-order valence-corrected chi connectivity index (χ1v) is 9.28. The molecule has 0 aliphatic carbocycles. The van der Waals surface area contributed by atoms with Crippen LogP contribution in [0.15, 0.2) is 0 Å². The molecule has 0 spiro atoms. The molecule has 1 aliphatic heterocycles. The molecule has 0 N–H and O–H groups in total. The van der Waals surface area contributed by atoms with Crippen LogP contribution in [0.2, 0.25) is 0 Å². The van der Waals surface area contributed by atoms with Crippen molar-refractivity contribution in [2.24, 2.45) is 0 Å². The maximum absolute atomic E-state index is 2.62. The van der Waals surface area contributed by atoms with Crippen molar-refractivity contribution < 1.29 is 0 Å². The van der Waals surface area contributed by atoms with Gasteiger partial charge in [0, 0.05) is 0 Å². The fourth-order valence-electron chi connectivity index (χ4n) is 1.27. The summed E-state index contributed by atoms with van der Waals surface area (Å²) in [6.07, 6.45) is 1.33. The first-order valence-electron chi connectivity index (χ1n) is 4.07. The fraction of sp³-hybridized carbons (Fsp3) is 1.00. The topological polar surface area (TPSA) is 3.24 Å². The van der Waals surface area contributed by atoms with Crippen LogP contribution in [0, 0.1) is 0 Å². The molecule has 0 aromatic carbocycles. The molecule has 0 saturated carbocycles. The van der Waals surface area contributed by atoms with E-state index in [-0.39, 0.29) is 19.8 Å². The zero-order valence-electron chi connectivity index (χ0n) is 7.07. The second kappa shape index (κ2) is 4.54. The van der Waals surface area contributed by atoms with Gasteiger partial charge in [0.15, 0.2) is 0 Å². The van der Waals surface area contributed by atoms with Crippen LogP contribution in [0.4, 0.5) is 0 Å². The van der Waals surface area contributed by atoms with Crippen molar-refractivity contribution in [3.63, 3.8) is 0 Å². The van der Waals surface area contributed by atoms with Gasteiger partial charge in [-0.1, -0.05) is 0 Å². The monoisotopic (exact) mass is 255 g/mol. The Morgan fingerprint density at radius 2 is 1.90 bits per heavy atom. The number of hydrogen-bond acceptors (Lipinski definition) is 1. The molecule has 1 heterocycles. The molecule has 1 rings (SSSR count). The van der Waals surface area contributed by atoms with Gasteiger partial charge < -0.3 is 0 Å². The standard InChI is InChI=1S/C8H18IN/c1-3-6-10-7-4-9(2)5-8-10/h3-8H2,1-2H3. The molecule has 0 aromatic heterocycles. The second-order valence-electron chi connectivity index (χ2n) is 2.94. The fourth-order valence-corrected chi connectivity index (χ4v) is 4.82. The summed E-state index contributed by atoms with van der Waals surface area (Å²) in [6, 6.07) is 0. The molecular formula is C8H18IN. The third kappa shape index (κ3) is 2.74. The van der Waals surface area contributed by atoms with Crippen LogP contribution in [-0.2, 0) is 0 Å². The first kappa shape index (κ1) is 8.78. The second-order valence-corrected chi connectivity index (χ2v) is 9.23. The molecule has 0 bridgehead atoms. The number of hydrogen-bond donors (Lipinski definition) is 0. The Labute approximate surface area is 71.6 Å². The van der Waals surface area contributed by atoms with Gasteiger partial charge in [-0.2, -0.15) is 0 Å². The Morgan fingerprint density at radius 3 is 2.40 bits per heavy atom. The summed E-state index contributed by atoms with van der Waals surface area (Å²) in [5, 5.41) is 0. The van der Waals surface area contributed by atoms with Gasteiger partial charge in [0.25, 0.3) is 0 Å². The van der Waals surface area contributed by atoms with E-state index in [1.807, 2.05) is 0 Å². The summed E-state index contributed by atoms with van der Waals surface area (Å²) in [5.41, 5.74) is 0. The predicted octanol–water partition coefficient (Wildman–Crippen LogP) is 1.85. The minimum absolute atomic E-state index is 0.351. The third-order valence-corrected chi connectivity index (χ3v) is 6.63. The van der Waals surface area contributed by atoms with Crippen molar-refractivity contribution in [1.29, 1.82) is 0 Å². The van der Waals surface area contributed by atoms with Crippen molar-refractivity contribution >= 4 is 19.8 Å². The Morgan fingerprint density at radius 1 is 1.30 bits per heavy atom. The summed E-state index contributed by atoms with van der Waals surface area (Å²) >= 11 is -0.351. The molecule has 0 radical (unpaired) electrons. The molecule has 0 aromatic rings. The van der Waals surface area contributed by atoms with Crippen molar-refractivity contribution in [2.45, 2.75) is 13.3 Å². The number of nitrogens with zero attached hydrogens (tertiary/aromatic N) is 1. The van der Waals surface area contributed by atoms with Crippen molar-refractivity contribution in [3.05, 3.63) is 0 Å². The molecule has 0 unspecified atom stereocenters. The van der Waals surface area contributed by atoms with Crippen LogP contribution in [-0.4, -0.2) is 38.3 Å². The van der Waals surface area contributed by atoms with E-state index < -0.39 is 0 Å². The van der Waals surface area contributed by atoms with Crippen LogP contribution in [0.3, 0.4) is 0 Å². The minimum atomic E-state index is -0.351. The van der Waals surface area contributed by atoms with Crippen molar-refractivity contribution in [1.82, 2.24) is 4.90 Å². The van der Waals surface area contributed by atoms with E-state index in [0.29, 0.717) is 0 Å². The Balaban J connectivity index is 2.13. The zero-order valence-corrected chi connectivity index (χ0v) is 9.23. The number of alkyl halides is 3. The predicted molar refractivity (Wildman–Crippen MR) is 56.4 cm³/mol. The van der Waals surface area contributed by atoms with E-state index in [1.165, 1.54) is 26.1 Å². The quantitative estimate of drug-likeness (QED) is 0.537. The van der Waals surface area contributed by atoms with Gasteiger partial charge in [-0.15, -0.1) is 0 Å². The van der Waals surface area contributed by atoms with Gasteiger partial charge >= 0.3 is 71.5 Å². The Hall–Kier alpha value is 0.690. The normalized spacial score (nSPS) is 25.2. The molecule has 1 saturated heterocycles. The molecule has 1 fully saturated rings. The SMILES string of the molecule is CCCN1CCI(C)CC1. The van der Waals surface area contributed by atoms with Gasteiger partial charge in [-0.3, -0.25) is 0 Å². The number of halogens is 1. The van der Waals surface area contributed by atoms with Gasteiger partial charge in [0.2, 0.25) is 0 Å². The summed E-state index contributed by atoms with van der Waals surface area (Å²) in [7, 11) is 0. The van der Waals surface area contributed by atoms with Crippen LogP contribution in [0.5, 0.6) is 0 Å². The molecule has 1 aliphatic rings. The van der Waals surface area contributed by atoms with E-state index in [9.17, 15) is 0 Å². The van der Waals surface area contributed by atoms with Crippen molar-refractivity contribution in [2.75, 3.05) is 33.4 Å². The summed E-state index contributed by atoms with van der Waals surface area (Å²) in [5.74, 6) is 0. The van der Waals surface area contributed by atoms with E-state index >= 15 is 0 Å². The van der Waals surface area contributed by atoms with Gasteiger partial charge in [-0.25, -0.2) is 0 Å². The van der Waals surface area contributed by atoms with E-state index in [0.717, 1.165) is 0 Å². The van der Waals surface area contributed by atoms with E-state index in [1.54, 1.807) is 8.86 Å². The molecule has 0 amide bonds. The Bertz CT molecular complexity index is 87.3. The molecular weight excluding hydrogens is 237 g/mol.